The van der Waals surface area contributed by atoms with Crippen LogP contribution in [0.3, 0.4) is 0 Å². The number of aromatic nitrogens is 1. The first-order valence-corrected chi connectivity index (χ1v) is 8.65. The number of pyridine rings is 1. The summed E-state index contributed by atoms with van der Waals surface area (Å²) in [4.78, 5) is 4.08. The van der Waals surface area contributed by atoms with Crippen LogP contribution in [0.15, 0.2) is 54.7 Å². The van der Waals surface area contributed by atoms with Crippen LogP contribution in [0.1, 0.15) is 25.3 Å². The number of halogens is 1. The Morgan fingerprint density at radius 1 is 0.960 bits per heavy atom. The number of benzene rings is 2. The van der Waals surface area contributed by atoms with E-state index in [2.05, 4.69) is 24.0 Å². The Morgan fingerprint density at radius 2 is 1.80 bits per heavy atom. The Labute approximate surface area is 147 Å². The summed E-state index contributed by atoms with van der Waals surface area (Å²) in [6, 6.07) is 14.7. The molecular formula is C21H22FNO2. The zero-order valence-corrected chi connectivity index (χ0v) is 14.4. The first kappa shape index (κ1) is 17.2. The van der Waals surface area contributed by atoms with Crippen molar-refractivity contribution in [3.63, 3.8) is 0 Å². The van der Waals surface area contributed by atoms with Crippen molar-refractivity contribution in [1.29, 1.82) is 0 Å². The molecule has 0 aliphatic heterocycles. The molecule has 0 atom stereocenters. The number of unbranched alkanes of at least 4 members (excludes halogenated alkanes) is 1. The third-order valence-corrected chi connectivity index (χ3v) is 4.02. The van der Waals surface area contributed by atoms with Crippen molar-refractivity contribution in [3.05, 3.63) is 66.1 Å². The van der Waals surface area contributed by atoms with Crippen LogP contribution in [0.4, 0.5) is 4.39 Å². The molecule has 0 saturated carbocycles. The van der Waals surface area contributed by atoms with Gasteiger partial charge in [-0.15, -0.1) is 0 Å². The maximum atomic E-state index is 13.8. The van der Waals surface area contributed by atoms with Gasteiger partial charge in [-0.1, -0.05) is 31.5 Å². The molecule has 1 heterocycles. The van der Waals surface area contributed by atoms with Crippen molar-refractivity contribution in [1.82, 2.24) is 4.98 Å². The van der Waals surface area contributed by atoms with E-state index in [1.54, 1.807) is 18.3 Å². The van der Waals surface area contributed by atoms with Crippen molar-refractivity contribution in [2.75, 3.05) is 13.2 Å². The van der Waals surface area contributed by atoms with E-state index in [4.69, 9.17) is 9.47 Å². The third-order valence-electron chi connectivity index (χ3n) is 4.02. The van der Waals surface area contributed by atoms with Gasteiger partial charge < -0.3 is 9.47 Å². The molecular weight excluding hydrogens is 317 g/mol. The van der Waals surface area contributed by atoms with Crippen LogP contribution in [0, 0.1) is 5.82 Å². The summed E-state index contributed by atoms with van der Waals surface area (Å²) in [6.45, 7) is 3.42. The summed E-state index contributed by atoms with van der Waals surface area (Å²) >= 11 is 0. The minimum Gasteiger partial charge on any atom is -0.494 e. The number of para-hydroxylation sites is 1. The van der Waals surface area contributed by atoms with Gasteiger partial charge in [0.1, 0.15) is 22.8 Å². The first-order chi connectivity index (χ1) is 12.3. The molecule has 0 unspecified atom stereocenters. The second kappa shape index (κ2) is 8.47. The monoisotopic (exact) mass is 339 g/mol. The smallest absolute Gasteiger partial charge is 0.149 e. The van der Waals surface area contributed by atoms with E-state index in [1.807, 2.05) is 18.2 Å². The van der Waals surface area contributed by atoms with Gasteiger partial charge in [-0.05, 0) is 42.3 Å². The molecule has 3 nitrogen and oxygen atoms in total. The largest absolute Gasteiger partial charge is 0.494 e. The van der Waals surface area contributed by atoms with E-state index >= 15 is 0 Å². The molecule has 0 radical (unpaired) electrons. The number of ether oxygens (including phenoxy) is 2. The normalized spacial score (nSPS) is 10.8. The molecule has 0 saturated heterocycles. The molecule has 0 bridgehead atoms. The van der Waals surface area contributed by atoms with Crippen LogP contribution >= 0.6 is 0 Å². The van der Waals surface area contributed by atoms with E-state index in [9.17, 15) is 4.39 Å². The summed E-state index contributed by atoms with van der Waals surface area (Å²) in [5.41, 5.74) is 1.51. The number of hydrogen-bond acceptors (Lipinski definition) is 3. The van der Waals surface area contributed by atoms with Crippen LogP contribution in [0.2, 0.25) is 0 Å². The highest BCUT2D eigenvalue weighted by molar-refractivity contribution is 5.85. The van der Waals surface area contributed by atoms with Crippen LogP contribution in [0.5, 0.6) is 11.5 Å². The number of hydrogen-bond donors (Lipinski definition) is 0. The molecule has 1 aromatic heterocycles. The second-order valence-electron chi connectivity index (χ2n) is 5.89. The van der Waals surface area contributed by atoms with Crippen molar-refractivity contribution in [3.8, 4) is 11.5 Å². The number of rotatable bonds is 8. The van der Waals surface area contributed by atoms with Crippen molar-refractivity contribution >= 4 is 10.9 Å². The Balaban J connectivity index is 1.57. The summed E-state index contributed by atoms with van der Waals surface area (Å²) in [5, 5.41) is 0.696. The summed E-state index contributed by atoms with van der Waals surface area (Å²) in [7, 11) is 0. The lowest BCUT2D eigenvalue weighted by molar-refractivity contribution is 0.309. The standard InChI is InChI=1S/C21H22FNO2/c1-2-3-14-24-17-9-7-16(8-10-17)12-15-25-20-11-13-23-21-18(20)5-4-6-19(21)22/h4-11,13H,2-3,12,14-15H2,1H3. The molecule has 2 aromatic carbocycles. The highest BCUT2D eigenvalue weighted by Crippen LogP contribution is 2.25. The second-order valence-corrected chi connectivity index (χ2v) is 5.89. The predicted octanol–water partition coefficient (Wildman–Crippen LogP) is 5.17. The van der Waals surface area contributed by atoms with Crippen LogP contribution in [-0.4, -0.2) is 18.2 Å². The van der Waals surface area contributed by atoms with E-state index in [0.29, 0.717) is 23.3 Å². The van der Waals surface area contributed by atoms with Gasteiger partial charge in [0.25, 0.3) is 0 Å². The molecule has 3 aromatic rings. The lowest BCUT2D eigenvalue weighted by Gasteiger charge is -2.10. The topological polar surface area (TPSA) is 31.4 Å². The molecule has 4 heteroatoms. The van der Waals surface area contributed by atoms with Gasteiger partial charge in [-0.3, -0.25) is 4.98 Å². The van der Waals surface area contributed by atoms with Gasteiger partial charge in [0.15, 0.2) is 0 Å². The molecule has 3 rings (SSSR count). The highest BCUT2D eigenvalue weighted by Gasteiger charge is 2.07. The Morgan fingerprint density at radius 3 is 2.60 bits per heavy atom. The predicted molar refractivity (Wildman–Crippen MR) is 97.7 cm³/mol. The molecule has 0 aliphatic carbocycles. The van der Waals surface area contributed by atoms with Gasteiger partial charge in [0.2, 0.25) is 0 Å². The van der Waals surface area contributed by atoms with E-state index < -0.39 is 0 Å². The van der Waals surface area contributed by atoms with Crippen molar-refractivity contribution < 1.29 is 13.9 Å². The molecule has 130 valence electrons. The van der Waals surface area contributed by atoms with Gasteiger partial charge in [0.05, 0.1) is 13.2 Å². The number of nitrogens with zero attached hydrogens (tertiary/aromatic N) is 1. The zero-order valence-electron chi connectivity index (χ0n) is 14.4. The van der Waals surface area contributed by atoms with E-state index in [1.165, 1.54) is 11.6 Å². The van der Waals surface area contributed by atoms with E-state index in [0.717, 1.165) is 31.6 Å². The summed E-state index contributed by atoms with van der Waals surface area (Å²) < 4.78 is 25.3. The fourth-order valence-corrected chi connectivity index (χ4v) is 2.61. The summed E-state index contributed by atoms with van der Waals surface area (Å²) in [6.07, 6.45) is 4.54. The average Bonchev–Trinajstić information content (AvgIpc) is 2.64. The molecule has 0 amide bonds. The van der Waals surface area contributed by atoms with Gasteiger partial charge in [-0.2, -0.15) is 0 Å². The van der Waals surface area contributed by atoms with Crippen molar-refractivity contribution in [2.45, 2.75) is 26.2 Å². The van der Waals surface area contributed by atoms with Crippen LogP contribution in [-0.2, 0) is 6.42 Å². The maximum absolute atomic E-state index is 13.8. The van der Waals surface area contributed by atoms with Crippen molar-refractivity contribution in [2.24, 2.45) is 0 Å². The summed E-state index contributed by atoms with van der Waals surface area (Å²) in [5.74, 6) is 1.22. The quantitative estimate of drug-likeness (QED) is 0.530. The Kier molecular flexibility index (Phi) is 5.83. The van der Waals surface area contributed by atoms with Gasteiger partial charge in [-0.25, -0.2) is 4.39 Å². The third kappa shape index (κ3) is 4.47. The molecule has 0 spiro atoms. The number of fused-ring (bicyclic) bond motifs is 1. The van der Waals surface area contributed by atoms with Gasteiger partial charge >= 0.3 is 0 Å². The molecule has 0 N–H and O–H groups in total. The average molecular weight is 339 g/mol. The lowest BCUT2D eigenvalue weighted by Crippen LogP contribution is -2.02. The minimum absolute atomic E-state index is 0.332. The maximum Gasteiger partial charge on any atom is 0.149 e. The first-order valence-electron chi connectivity index (χ1n) is 8.65. The molecule has 0 aliphatic rings. The van der Waals surface area contributed by atoms with Crippen LogP contribution in [0.25, 0.3) is 10.9 Å². The molecule has 0 fully saturated rings. The minimum atomic E-state index is -0.332. The SMILES string of the molecule is CCCCOc1ccc(CCOc2ccnc3c(F)cccc23)cc1. The van der Waals surface area contributed by atoms with E-state index in [-0.39, 0.29) is 5.82 Å². The molecule has 25 heavy (non-hydrogen) atoms. The Bertz CT molecular complexity index is 818. The van der Waals surface area contributed by atoms with Gasteiger partial charge in [0, 0.05) is 18.0 Å². The Hall–Kier alpha value is -2.62. The lowest BCUT2D eigenvalue weighted by atomic mass is 10.1. The highest BCUT2D eigenvalue weighted by atomic mass is 19.1. The zero-order chi connectivity index (χ0) is 17.5. The fraction of sp³-hybridized carbons (Fsp3) is 0.286. The van der Waals surface area contributed by atoms with Crippen LogP contribution < -0.4 is 9.47 Å². The fourth-order valence-electron chi connectivity index (χ4n) is 2.61.